The normalized spacial score (nSPS) is 11.3. The van der Waals surface area contributed by atoms with Gasteiger partial charge in [0.05, 0.1) is 5.69 Å². The third kappa shape index (κ3) is 5.05. The first-order chi connectivity index (χ1) is 8.52. The van der Waals surface area contributed by atoms with Crippen LogP contribution in [0.3, 0.4) is 0 Å². The lowest BCUT2D eigenvalue weighted by molar-refractivity contribution is 0.552. The molecule has 0 spiro atoms. The maximum atomic E-state index is 4.38. The Morgan fingerprint density at radius 3 is 2.28 bits per heavy atom. The van der Waals surface area contributed by atoms with Crippen molar-refractivity contribution in [2.75, 3.05) is 25.0 Å². The van der Waals surface area contributed by atoms with Gasteiger partial charge in [-0.15, -0.1) is 0 Å². The van der Waals surface area contributed by atoms with Crippen molar-refractivity contribution in [1.82, 2.24) is 10.3 Å². The highest BCUT2D eigenvalue weighted by molar-refractivity contribution is 5.46. The van der Waals surface area contributed by atoms with Crippen molar-refractivity contribution < 1.29 is 0 Å². The van der Waals surface area contributed by atoms with Gasteiger partial charge < -0.3 is 10.2 Å². The average molecular weight is 249 g/mol. The van der Waals surface area contributed by atoms with Gasteiger partial charge in [0.1, 0.15) is 0 Å². The summed E-state index contributed by atoms with van der Waals surface area (Å²) in [5, 5.41) is 3.15. The lowest BCUT2D eigenvalue weighted by Crippen LogP contribution is -2.31. The first-order valence-corrected chi connectivity index (χ1v) is 6.87. The zero-order chi connectivity index (χ0) is 13.5. The van der Waals surface area contributed by atoms with Crippen molar-refractivity contribution >= 4 is 5.69 Å². The monoisotopic (exact) mass is 249 g/mol. The molecule has 0 saturated heterocycles. The van der Waals surface area contributed by atoms with Gasteiger partial charge in [-0.3, -0.25) is 4.98 Å². The van der Waals surface area contributed by atoms with E-state index in [1.165, 1.54) is 5.69 Å². The smallest absolute Gasteiger partial charge is 0.0562 e. The minimum Gasteiger partial charge on any atom is -0.371 e. The van der Waals surface area contributed by atoms with E-state index in [-0.39, 0.29) is 0 Å². The molecule has 1 aromatic heterocycles. The van der Waals surface area contributed by atoms with Crippen molar-refractivity contribution in [3.63, 3.8) is 0 Å². The second kappa shape index (κ2) is 7.37. The van der Waals surface area contributed by atoms with Crippen LogP contribution < -0.4 is 10.2 Å². The second-order valence-electron chi connectivity index (χ2n) is 5.73. The van der Waals surface area contributed by atoms with Crippen molar-refractivity contribution in [2.24, 2.45) is 11.8 Å². The van der Waals surface area contributed by atoms with Gasteiger partial charge in [-0.25, -0.2) is 0 Å². The molecule has 0 aliphatic rings. The molecule has 1 heterocycles. The Morgan fingerprint density at radius 2 is 1.78 bits per heavy atom. The molecule has 0 fully saturated rings. The first-order valence-electron chi connectivity index (χ1n) is 6.87. The van der Waals surface area contributed by atoms with E-state index in [2.05, 4.69) is 55.0 Å². The Morgan fingerprint density at radius 1 is 1.17 bits per heavy atom. The summed E-state index contributed by atoms with van der Waals surface area (Å²) in [5.41, 5.74) is 2.39. The van der Waals surface area contributed by atoms with Crippen molar-refractivity contribution in [3.05, 3.63) is 24.0 Å². The summed E-state index contributed by atoms with van der Waals surface area (Å²) in [7, 11) is 1.95. The van der Waals surface area contributed by atoms with E-state index in [0.29, 0.717) is 11.8 Å². The predicted octanol–water partition coefficient (Wildman–Crippen LogP) is 2.92. The van der Waals surface area contributed by atoms with E-state index in [1.54, 1.807) is 0 Å². The van der Waals surface area contributed by atoms with Crippen LogP contribution in [-0.2, 0) is 6.54 Å². The topological polar surface area (TPSA) is 28.2 Å². The Kier molecular flexibility index (Phi) is 6.13. The van der Waals surface area contributed by atoms with E-state index in [4.69, 9.17) is 0 Å². The zero-order valence-corrected chi connectivity index (χ0v) is 12.4. The van der Waals surface area contributed by atoms with Gasteiger partial charge in [0.2, 0.25) is 0 Å². The number of nitrogens with one attached hydrogen (secondary N) is 1. The van der Waals surface area contributed by atoms with Gasteiger partial charge in [0, 0.05) is 31.5 Å². The van der Waals surface area contributed by atoms with Gasteiger partial charge in [0.15, 0.2) is 0 Å². The van der Waals surface area contributed by atoms with E-state index in [0.717, 1.165) is 25.3 Å². The number of nitrogens with zero attached hydrogens (tertiary/aromatic N) is 2. The molecule has 18 heavy (non-hydrogen) atoms. The molecule has 0 atom stereocenters. The molecular formula is C15H27N3. The SMILES string of the molecule is CNCc1cc(N(CC(C)C)CC(C)C)ccn1. The number of aromatic nitrogens is 1. The fourth-order valence-electron chi connectivity index (χ4n) is 2.11. The van der Waals surface area contributed by atoms with E-state index in [9.17, 15) is 0 Å². The molecule has 0 radical (unpaired) electrons. The van der Waals surface area contributed by atoms with Crippen LogP contribution in [0.15, 0.2) is 18.3 Å². The van der Waals surface area contributed by atoms with Crippen LogP contribution in [0.5, 0.6) is 0 Å². The van der Waals surface area contributed by atoms with Gasteiger partial charge >= 0.3 is 0 Å². The van der Waals surface area contributed by atoms with Crippen LogP contribution in [0.1, 0.15) is 33.4 Å². The maximum absolute atomic E-state index is 4.38. The van der Waals surface area contributed by atoms with Gasteiger partial charge in [-0.05, 0) is 31.0 Å². The van der Waals surface area contributed by atoms with Gasteiger partial charge in [0.25, 0.3) is 0 Å². The highest BCUT2D eigenvalue weighted by atomic mass is 15.1. The van der Waals surface area contributed by atoms with Crippen LogP contribution in [-0.4, -0.2) is 25.1 Å². The van der Waals surface area contributed by atoms with Gasteiger partial charge in [-0.2, -0.15) is 0 Å². The summed E-state index contributed by atoms with van der Waals surface area (Å²) in [6, 6.07) is 4.31. The van der Waals surface area contributed by atoms with Crippen LogP contribution in [0.2, 0.25) is 0 Å². The molecule has 0 amide bonds. The molecule has 0 saturated carbocycles. The largest absolute Gasteiger partial charge is 0.371 e. The number of rotatable bonds is 7. The van der Waals surface area contributed by atoms with E-state index < -0.39 is 0 Å². The fraction of sp³-hybridized carbons (Fsp3) is 0.667. The fourth-order valence-corrected chi connectivity index (χ4v) is 2.11. The van der Waals surface area contributed by atoms with Crippen LogP contribution in [0.25, 0.3) is 0 Å². The Hall–Kier alpha value is -1.09. The average Bonchev–Trinajstić information content (AvgIpc) is 2.28. The predicted molar refractivity (Wildman–Crippen MR) is 78.9 cm³/mol. The maximum Gasteiger partial charge on any atom is 0.0562 e. The molecule has 0 aromatic carbocycles. The molecule has 0 unspecified atom stereocenters. The van der Waals surface area contributed by atoms with Crippen LogP contribution in [0.4, 0.5) is 5.69 Å². The summed E-state index contributed by atoms with van der Waals surface area (Å²) in [6.45, 7) is 12.1. The minimum atomic E-state index is 0.671. The third-order valence-electron chi connectivity index (χ3n) is 2.69. The molecule has 0 bridgehead atoms. The van der Waals surface area contributed by atoms with Crippen molar-refractivity contribution in [3.8, 4) is 0 Å². The molecule has 1 N–H and O–H groups in total. The summed E-state index contributed by atoms with van der Waals surface area (Å²) >= 11 is 0. The van der Waals surface area contributed by atoms with E-state index in [1.807, 2.05) is 13.2 Å². The quantitative estimate of drug-likeness (QED) is 0.805. The highest BCUT2D eigenvalue weighted by Gasteiger charge is 2.11. The first kappa shape index (κ1) is 15.0. The standard InChI is InChI=1S/C15H27N3/c1-12(2)10-18(11-13(3)4)15-6-7-17-14(8-15)9-16-5/h6-8,12-13,16H,9-11H2,1-5H3. The molecule has 0 aliphatic carbocycles. The number of anilines is 1. The highest BCUT2D eigenvalue weighted by Crippen LogP contribution is 2.18. The number of pyridine rings is 1. The molecule has 3 nitrogen and oxygen atoms in total. The van der Waals surface area contributed by atoms with Crippen molar-refractivity contribution in [1.29, 1.82) is 0 Å². The number of hydrogen-bond donors (Lipinski definition) is 1. The van der Waals surface area contributed by atoms with E-state index >= 15 is 0 Å². The van der Waals surface area contributed by atoms with Crippen molar-refractivity contribution in [2.45, 2.75) is 34.2 Å². The molecule has 3 heteroatoms. The molecular weight excluding hydrogens is 222 g/mol. The lowest BCUT2D eigenvalue weighted by atomic mass is 10.1. The molecule has 0 aliphatic heterocycles. The second-order valence-corrected chi connectivity index (χ2v) is 5.73. The Labute approximate surface area is 112 Å². The lowest BCUT2D eigenvalue weighted by Gasteiger charge is -2.28. The summed E-state index contributed by atoms with van der Waals surface area (Å²) in [6.07, 6.45) is 1.91. The summed E-state index contributed by atoms with van der Waals surface area (Å²) < 4.78 is 0. The molecule has 1 rings (SSSR count). The number of hydrogen-bond acceptors (Lipinski definition) is 3. The Balaban J connectivity index is 2.85. The van der Waals surface area contributed by atoms with Crippen LogP contribution >= 0.6 is 0 Å². The molecule has 1 aromatic rings. The summed E-state index contributed by atoms with van der Waals surface area (Å²) in [5.74, 6) is 1.34. The zero-order valence-electron chi connectivity index (χ0n) is 12.4. The minimum absolute atomic E-state index is 0.671. The molecule has 102 valence electrons. The van der Waals surface area contributed by atoms with Gasteiger partial charge in [-0.1, -0.05) is 27.7 Å². The Bertz CT molecular complexity index is 337. The third-order valence-corrected chi connectivity index (χ3v) is 2.69. The summed E-state index contributed by atoms with van der Waals surface area (Å²) in [4.78, 5) is 6.85. The van der Waals surface area contributed by atoms with Crippen LogP contribution in [0, 0.1) is 11.8 Å².